The zero-order valence-corrected chi connectivity index (χ0v) is 10.4. The second-order valence-corrected chi connectivity index (χ2v) is 3.81. The third kappa shape index (κ3) is 3.48. The van der Waals surface area contributed by atoms with E-state index in [0.717, 1.165) is 50.7 Å². The van der Waals surface area contributed by atoms with Gasteiger partial charge >= 0.3 is 0 Å². The van der Waals surface area contributed by atoms with Crippen LogP contribution in [-0.4, -0.2) is 27.9 Å². The van der Waals surface area contributed by atoms with Gasteiger partial charge < -0.3 is 11.1 Å². The molecule has 1 aromatic rings. The molecule has 5 heteroatoms. The largest absolute Gasteiger partial charge is 0.355 e. The first-order valence-corrected chi connectivity index (χ1v) is 6.19. The summed E-state index contributed by atoms with van der Waals surface area (Å²) >= 11 is 0. The van der Waals surface area contributed by atoms with Crippen molar-refractivity contribution in [3.8, 4) is 0 Å². The monoisotopic (exact) mass is 225 g/mol. The van der Waals surface area contributed by atoms with Gasteiger partial charge in [-0.1, -0.05) is 6.42 Å². The van der Waals surface area contributed by atoms with E-state index in [0.29, 0.717) is 0 Å². The summed E-state index contributed by atoms with van der Waals surface area (Å²) in [5, 5.41) is 11.6. The predicted octanol–water partition coefficient (Wildman–Crippen LogP) is 1.40. The van der Waals surface area contributed by atoms with Crippen LogP contribution in [0.1, 0.15) is 38.9 Å². The second-order valence-electron chi connectivity index (χ2n) is 3.81. The topological polar surface area (TPSA) is 68.8 Å². The average Bonchev–Trinajstić information content (AvgIpc) is 2.67. The maximum absolute atomic E-state index is 5.46. The lowest BCUT2D eigenvalue weighted by molar-refractivity contribution is 0.631. The number of nitrogens with zero attached hydrogens (tertiary/aromatic N) is 3. The number of aryl methyl sites for hydroxylation is 1. The van der Waals surface area contributed by atoms with Crippen LogP contribution < -0.4 is 11.1 Å². The van der Waals surface area contributed by atoms with Crippen molar-refractivity contribution in [3.05, 3.63) is 5.82 Å². The molecule has 0 aliphatic carbocycles. The third-order valence-corrected chi connectivity index (χ3v) is 2.58. The van der Waals surface area contributed by atoms with E-state index in [4.69, 9.17) is 5.73 Å². The molecule has 0 aliphatic heterocycles. The maximum Gasteiger partial charge on any atom is 0.224 e. The van der Waals surface area contributed by atoms with Gasteiger partial charge in [-0.25, -0.2) is 0 Å². The van der Waals surface area contributed by atoms with Gasteiger partial charge in [0.25, 0.3) is 0 Å². The summed E-state index contributed by atoms with van der Waals surface area (Å²) in [4.78, 5) is 0. The average molecular weight is 225 g/mol. The first-order chi connectivity index (χ1) is 7.83. The molecular formula is C11H23N5. The zero-order valence-electron chi connectivity index (χ0n) is 10.4. The molecule has 16 heavy (non-hydrogen) atoms. The van der Waals surface area contributed by atoms with Crippen molar-refractivity contribution in [2.75, 3.05) is 18.4 Å². The van der Waals surface area contributed by atoms with Crippen molar-refractivity contribution in [2.24, 2.45) is 5.73 Å². The summed E-state index contributed by atoms with van der Waals surface area (Å²) in [5.41, 5.74) is 5.46. The summed E-state index contributed by atoms with van der Waals surface area (Å²) < 4.78 is 2.14. The van der Waals surface area contributed by atoms with Crippen molar-refractivity contribution in [2.45, 2.75) is 46.1 Å². The molecule has 0 atom stereocenters. The highest BCUT2D eigenvalue weighted by Gasteiger charge is 2.08. The number of nitrogens with two attached hydrogens (primary N) is 1. The van der Waals surface area contributed by atoms with E-state index >= 15 is 0 Å². The van der Waals surface area contributed by atoms with Crippen LogP contribution in [0, 0.1) is 0 Å². The Labute approximate surface area is 97.4 Å². The minimum Gasteiger partial charge on any atom is -0.355 e. The van der Waals surface area contributed by atoms with Crippen molar-refractivity contribution < 1.29 is 0 Å². The van der Waals surface area contributed by atoms with Gasteiger partial charge in [-0.3, -0.25) is 4.57 Å². The number of unbranched alkanes of at least 4 members (excludes halogenated alkanes) is 2. The van der Waals surface area contributed by atoms with E-state index in [1.54, 1.807) is 0 Å². The molecule has 0 radical (unpaired) electrons. The Morgan fingerprint density at radius 2 is 2.00 bits per heavy atom. The maximum atomic E-state index is 5.46. The smallest absolute Gasteiger partial charge is 0.224 e. The van der Waals surface area contributed by atoms with Crippen LogP contribution in [-0.2, 0) is 13.0 Å². The molecular weight excluding hydrogens is 202 g/mol. The summed E-state index contributed by atoms with van der Waals surface area (Å²) in [6.07, 6.45) is 4.40. The molecule has 3 N–H and O–H groups in total. The van der Waals surface area contributed by atoms with Crippen LogP contribution >= 0.6 is 0 Å². The van der Waals surface area contributed by atoms with Gasteiger partial charge in [0.1, 0.15) is 5.82 Å². The van der Waals surface area contributed by atoms with E-state index in [9.17, 15) is 0 Å². The summed E-state index contributed by atoms with van der Waals surface area (Å²) in [6, 6.07) is 0. The van der Waals surface area contributed by atoms with Crippen LogP contribution in [0.25, 0.3) is 0 Å². The molecule has 5 nitrogen and oxygen atoms in total. The van der Waals surface area contributed by atoms with Crippen molar-refractivity contribution in [1.82, 2.24) is 14.8 Å². The summed E-state index contributed by atoms with van der Waals surface area (Å²) in [6.45, 7) is 6.76. The molecule has 0 aliphatic rings. The Bertz CT molecular complexity index is 295. The molecule has 0 unspecified atom stereocenters. The number of rotatable bonds is 8. The van der Waals surface area contributed by atoms with Gasteiger partial charge in [0.15, 0.2) is 0 Å². The minimum atomic E-state index is 0.781. The number of hydrogen-bond donors (Lipinski definition) is 2. The lowest BCUT2D eigenvalue weighted by Gasteiger charge is -2.07. The zero-order chi connectivity index (χ0) is 11.8. The van der Waals surface area contributed by atoms with Gasteiger partial charge in [0.2, 0.25) is 5.95 Å². The molecule has 0 aromatic carbocycles. The van der Waals surface area contributed by atoms with Gasteiger partial charge in [-0.15, -0.1) is 10.2 Å². The standard InChI is InChI=1S/C11H23N5/c1-3-13-11-15-14-10(16(11)4-2)8-6-5-7-9-12/h3-9,12H2,1-2H3,(H,13,15). The Balaban J connectivity index is 2.51. The van der Waals surface area contributed by atoms with Crippen molar-refractivity contribution >= 4 is 5.95 Å². The molecule has 0 spiro atoms. The Kier molecular flexibility index (Phi) is 5.85. The van der Waals surface area contributed by atoms with E-state index < -0.39 is 0 Å². The van der Waals surface area contributed by atoms with E-state index in [2.05, 4.69) is 33.9 Å². The lowest BCUT2D eigenvalue weighted by atomic mass is 10.2. The number of nitrogens with one attached hydrogen (secondary N) is 1. The minimum absolute atomic E-state index is 0.781. The molecule has 0 amide bonds. The second kappa shape index (κ2) is 7.22. The fourth-order valence-corrected chi connectivity index (χ4v) is 1.75. The quantitative estimate of drug-likeness (QED) is 0.656. The van der Waals surface area contributed by atoms with Crippen LogP contribution in [0.5, 0.6) is 0 Å². The van der Waals surface area contributed by atoms with Gasteiger partial charge in [0.05, 0.1) is 0 Å². The SMILES string of the molecule is CCNc1nnc(CCCCCN)n1CC. The molecule has 1 aromatic heterocycles. The third-order valence-electron chi connectivity index (χ3n) is 2.58. The normalized spacial score (nSPS) is 10.7. The predicted molar refractivity (Wildman–Crippen MR) is 66.5 cm³/mol. The van der Waals surface area contributed by atoms with Crippen molar-refractivity contribution in [1.29, 1.82) is 0 Å². The fourth-order valence-electron chi connectivity index (χ4n) is 1.75. The molecule has 0 fully saturated rings. The first-order valence-electron chi connectivity index (χ1n) is 6.19. The summed E-state index contributed by atoms with van der Waals surface area (Å²) in [5.74, 6) is 1.97. The fraction of sp³-hybridized carbons (Fsp3) is 0.818. The highest BCUT2D eigenvalue weighted by molar-refractivity contribution is 5.25. The van der Waals surface area contributed by atoms with Gasteiger partial charge in [-0.05, 0) is 33.2 Å². The molecule has 1 heterocycles. The number of hydrogen-bond acceptors (Lipinski definition) is 4. The Hall–Kier alpha value is -1.10. The van der Waals surface area contributed by atoms with E-state index in [1.165, 1.54) is 6.42 Å². The van der Waals surface area contributed by atoms with Crippen LogP contribution in [0.15, 0.2) is 0 Å². The van der Waals surface area contributed by atoms with Crippen molar-refractivity contribution in [3.63, 3.8) is 0 Å². The molecule has 0 saturated carbocycles. The van der Waals surface area contributed by atoms with Gasteiger partial charge in [-0.2, -0.15) is 0 Å². The van der Waals surface area contributed by atoms with E-state index in [-0.39, 0.29) is 0 Å². The summed E-state index contributed by atoms with van der Waals surface area (Å²) in [7, 11) is 0. The Morgan fingerprint density at radius 3 is 2.62 bits per heavy atom. The van der Waals surface area contributed by atoms with E-state index in [1.807, 2.05) is 0 Å². The Morgan fingerprint density at radius 1 is 1.19 bits per heavy atom. The van der Waals surface area contributed by atoms with Gasteiger partial charge in [0, 0.05) is 19.5 Å². The molecule has 92 valence electrons. The van der Waals surface area contributed by atoms with Crippen LogP contribution in [0.4, 0.5) is 5.95 Å². The molecule has 1 rings (SSSR count). The van der Waals surface area contributed by atoms with Crippen LogP contribution in [0.3, 0.4) is 0 Å². The number of aromatic nitrogens is 3. The number of anilines is 1. The lowest BCUT2D eigenvalue weighted by Crippen LogP contribution is -2.08. The molecule has 0 saturated heterocycles. The highest BCUT2D eigenvalue weighted by atomic mass is 15.3. The first kappa shape index (κ1) is 13.0. The highest BCUT2D eigenvalue weighted by Crippen LogP contribution is 2.10. The van der Waals surface area contributed by atoms with Crippen LogP contribution in [0.2, 0.25) is 0 Å². The molecule has 0 bridgehead atoms.